The number of esters is 1. The molecule has 0 aliphatic heterocycles. The Morgan fingerprint density at radius 2 is 1.94 bits per heavy atom. The van der Waals surface area contributed by atoms with Crippen LogP contribution in [0.25, 0.3) is 22.1 Å². The molecule has 168 valence electrons. The van der Waals surface area contributed by atoms with Gasteiger partial charge in [-0.15, -0.1) is 34.4 Å². The summed E-state index contributed by atoms with van der Waals surface area (Å²) in [5.41, 5.74) is 6.66. The Morgan fingerprint density at radius 1 is 1.15 bits per heavy atom. The van der Waals surface area contributed by atoms with Crippen LogP contribution in [0.4, 0.5) is 0 Å². The Hall–Kier alpha value is -3.18. The topological polar surface area (TPSA) is 63.0 Å². The first-order valence-corrected chi connectivity index (χ1v) is 13.5. The van der Waals surface area contributed by atoms with Crippen LogP contribution in [0.1, 0.15) is 44.0 Å². The van der Waals surface area contributed by atoms with Gasteiger partial charge in [0.05, 0.1) is 23.9 Å². The van der Waals surface area contributed by atoms with E-state index in [1.54, 1.807) is 46.6 Å². The first-order chi connectivity index (χ1) is 16.7. The van der Waals surface area contributed by atoms with Crippen LogP contribution in [0, 0.1) is 11.3 Å². The maximum absolute atomic E-state index is 11.7. The SMILES string of the molecule is COC(=O)c1ccc(CSc2nc3c(c(-c4cccs4)c2C#N)CCC3=Cc2cccs2)cc1. The predicted molar refractivity (Wildman–Crippen MR) is 140 cm³/mol. The Bertz CT molecular complexity index is 1400. The van der Waals surface area contributed by atoms with Crippen molar-refractivity contribution in [3.63, 3.8) is 0 Å². The molecule has 1 aliphatic rings. The van der Waals surface area contributed by atoms with E-state index in [2.05, 4.69) is 41.1 Å². The van der Waals surface area contributed by atoms with Crippen molar-refractivity contribution in [2.24, 2.45) is 0 Å². The van der Waals surface area contributed by atoms with Gasteiger partial charge in [-0.25, -0.2) is 9.78 Å². The Morgan fingerprint density at radius 3 is 2.62 bits per heavy atom. The summed E-state index contributed by atoms with van der Waals surface area (Å²) in [5, 5.41) is 15.0. The molecule has 7 heteroatoms. The quantitative estimate of drug-likeness (QED) is 0.205. The second kappa shape index (κ2) is 9.98. The Labute approximate surface area is 210 Å². The van der Waals surface area contributed by atoms with E-state index in [-0.39, 0.29) is 5.97 Å². The highest BCUT2D eigenvalue weighted by molar-refractivity contribution is 7.98. The molecule has 0 radical (unpaired) electrons. The summed E-state index contributed by atoms with van der Waals surface area (Å²) in [6.45, 7) is 0. The van der Waals surface area contributed by atoms with Crippen LogP contribution in [0.3, 0.4) is 0 Å². The molecule has 0 amide bonds. The zero-order valence-electron chi connectivity index (χ0n) is 18.4. The third-order valence-electron chi connectivity index (χ3n) is 5.70. The average molecular weight is 501 g/mol. The maximum atomic E-state index is 11.7. The Kier molecular flexibility index (Phi) is 6.63. The molecule has 0 saturated carbocycles. The van der Waals surface area contributed by atoms with Crippen molar-refractivity contribution in [2.45, 2.75) is 23.6 Å². The molecule has 4 nitrogen and oxygen atoms in total. The minimum Gasteiger partial charge on any atom is -0.465 e. The molecule has 0 N–H and O–H groups in total. The van der Waals surface area contributed by atoms with Gasteiger partial charge in [0.1, 0.15) is 11.1 Å². The fourth-order valence-electron chi connectivity index (χ4n) is 4.08. The number of methoxy groups -OCH3 is 1. The lowest BCUT2D eigenvalue weighted by Crippen LogP contribution is -2.01. The zero-order chi connectivity index (χ0) is 23.5. The predicted octanol–water partition coefficient (Wildman–Crippen LogP) is 7.31. The van der Waals surface area contributed by atoms with Crippen LogP contribution in [0.2, 0.25) is 0 Å². The maximum Gasteiger partial charge on any atom is 0.337 e. The lowest BCUT2D eigenvalue weighted by atomic mass is 10.0. The lowest BCUT2D eigenvalue weighted by molar-refractivity contribution is 0.0600. The summed E-state index contributed by atoms with van der Waals surface area (Å²) >= 11 is 4.94. The van der Waals surface area contributed by atoms with Crippen LogP contribution >= 0.6 is 34.4 Å². The van der Waals surface area contributed by atoms with Crippen LogP contribution in [-0.4, -0.2) is 18.1 Å². The number of ether oxygens (including phenoxy) is 1. The van der Waals surface area contributed by atoms with Gasteiger partial charge < -0.3 is 4.74 Å². The van der Waals surface area contributed by atoms with E-state index in [9.17, 15) is 10.1 Å². The molecular weight excluding hydrogens is 481 g/mol. The molecule has 1 aliphatic carbocycles. The summed E-state index contributed by atoms with van der Waals surface area (Å²) < 4.78 is 4.78. The van der Waals surface area contributed by atoms with Crippen molar-refractivity contribution in [3.8, 4) is 16.5 Å². The molecule has 0 bridgehead atoms. The fraction of sp³-hybridized carbons (Fsp3) is 0.148. The molecule has 0 spiro atoms. The number of nitriles is 1. The number of thiophene rings is 2. The Balaban J connectivity index is 1.54. The molecule has 0 saturated heterocycles. The largest absolute Gasteiger partial charge is 0.465 e. The highest BCUT2D eigenvalue weighted by atomic mass is 32.2. The molecule has 5 rings (SSSR count). The number of carbonyl (C=O) groups excluding carboxylic acids is 1. The second-order valence-electron chi connectivity index (χ2n) is 7.75. The first-order valence-electron chi connectivity index (χ1n) is 10.7. The van der Waals surface area contributed by atoms with E-state index in [1.807, 2.05) is 18.2 Å². The minimum absolute atomic E-state index is 0.350. The van der Waals surface area contributed by atoms with Gasteiger partial charge >= 0.3 is 5.97 Å². The number of aromatic nitrogens is 1. The molecule has 3 aromatic heterocycles. The van der Waals surface area contributed by atoms with E-state index in [0.29, 0.717) is 16.9 Å². The molecule has 3 heterocycles. The number of carbonyl (C=O) groups is 1. The average Bonchev–Trinajstić information content (AvgIpc) is 3.65. The van der Waals surface area contributed by atoms with E-state index in [4.69, 9.17) is 9.72 Å². The standard InChI is InChI=1S/C27H20N2O2S3/c1-31-27(30)18-8-6-17(7-9-18)16-34-26-22(15-28)24(23-5-3-13-33-23)21-11-10-19(25(21)29-26)14-20-4-2-12-32-20/h2-9,12-14H,10-11,16H2,1H3. The fourth-order valence-corrected chi connectivity index (χ4v) is 6.51. The normalized spacial score (nSPS) is 13.6. The van der Waals surface area contributed by atoms with Gasteiger partial charge in [0, 0.05) is 21.1 Å². The highest BCUT2D eigenvalue weighted by Gasteiger charge is 2.27. The van der Waals surface area contributed by atoms with Gasteiger partial charge in [0.2, 0.25) is 0 Å². The summed E-state index contributed by atoms with van der Waals surface area (Å²) in [6, 6.07) is 18.1. The van der Waals surface area contributed by atoms with Crippen molar-refractivity contribution in [1.29, 1.82) is 5.26 Å². The molecule has 0 atom stereocenters. The van der Waals surface area contributed by atoms with Crippen molar-refractivity contribution in [3.05, 3.63) is 92.1 Å². The van der Waals surface area contributed by atoms with Crippen molar-refractivity contribution < 1.29 is 9.53 Å². The summed E-state index contributed by atoms with van der Waals surface area (Å²) in [5.74, 6) is 0.298. The van der Waals surface area contributed by atoms with E-state index in [1.165, 1.54) is 23.1 Å². The van der Waals surface area contributed by atoms with Gasteiger partial charge in [-0.1, -0.05) is 24.3 Å². The van der Waals surface area contributed by atoms with E-state index >= 15 is 0 Å². The molecule has 1 aromatic carbocycles. The molecule has 34 heavy (non-hydrogen) atoms. The highest BCUT2D eigenvalue weighted by Crippen LogP contribution is 2.44. The number of nitrogens with zero attached hydrogens (tertiary/aromatic N) is 2. The zero-order valence-corrected chi connectivity index (χ0v) is 20.9. The summed E-state index contributed by atoms with van der Waals surface area (Å²) in [4.78, 5) is 19.1. The van der Waals surface area contributed by atoms with Crippen LogP contribution in [0.15, 0.2) is 64.3 Å². The summed E-state index contributed by atoms with van der Waals surface area (Å²) in [6.07, 6.45) is 4.04. The van der Waals surface area contributed by atoms with Crippen LogP contribution in [0.5, 0.6) is 0 Å². The van der Waals surface area contributed by atoms with Gasteiger partial charge in [0.25, 0.3) is 0 Å². The lowest BCUT2D eigenvalue weighted by Gasteiger charge is -2.14. The summed E-state index contributed by atoms with van der Waals surface area (Å²) in [7, 11) is 1.38. The molecule has 4 aromatic rings. The second-order valence-corrected chi connectivity index (χ2v) is 10.6. The number of allylic oxidation sites excluding steroid dienone is 1. The molecule has 0 fully saturated rings. The van der Waals surface area contributed by atoms with Crippen molar-refractivity contribution in [1.82, 2.24) is 4.98 Å². The molecule has 0 unspecified atom stereocenters. The monoisotopic (exact) mass is 500 g/mol. The van der Waals surface area contributed by atoms with Crippen LogP contribution < -0.4 is 0 Å². The van der Waals surface area contributed by atoms with Crippen molar-refractivity contribution >= 4 is 52.1 Å². The molecular formula is C27H20N2O2S3. The number of benzene rings is 1. The van der Waals surface area contributed by atoms with E-state index < -0.39 is 0 Å². The van der Waals surface area contributed by atoms with Crippen molar-refractivity contribution in [2.75, 3.05) is 7.11 Å². The van der Waals surface area contributed by atoms with Gasteiger partial charge in [-0.2, -0.15) is 5.26 Å². The number of thioether (sulfide) groups is 1. The van der Waals surface area contributed by atoms with E-state index in [0.717, 1.165) is 39.6 Å². The number of pyridine rings is 1. The number of rotatable bonds is 6. The first kappa shape index (κ1) is 22.6. The third kappa shape index (κ3) is 4.45. The number of fused-ring (bicyclic) bond motifs is 1. The minimum atomic E-state index is -0.350. The van der Waals surface area contributed by atoms with Gasteiger partial charge in [-0.05, 0) is 70.6 Å². The van der Waals surface area contributed by atoms with Crippen LogP contribution in [-0.2, 0) is 16.9 Å². The number of hydrogen-bond acceptors (Lipinski definition) is 7. The smallest absolute Gasteiger partial charge is 0.337 e. The van der Waals surface area contributed by atoms with Gasteiger partial charge in [-0.3, -0.25) is 0 Å². The van der Waals surface area contributed by atoms with Gasteiger partial charge in [0.15, 0.2) is 0 Å². The number of hydrogen-bond donors (Lipinski definition) is 0. The third-order valence-corrected chi connectivity index (χ3v) is 8.46.